The van der Waals surface area contributed by atoms with Crippen LogP contribution in [-0.4, -0.2) is 49.6 Å². The van der Waals surface area contributed by atoms with Crippen LogP contribution < -0.4 is 11.1 Å². The maximum atomic E-state index is 13.1. The van der Waals surface area contributed by atoms with Gasteiger partial charge in [-0.25, -0.2) is 0 Å². The molecule has 2 aromatic carbocycles. The summed E-state index contributed by atoms with van der Waals surface area (Å²) in [5.41, 5.74) is 9.20. The summed E-state index contributed by atoms with van der Waals surface area (Å²) in [6.07, 6.45) is 0. The van der Waals surface area contributed by atoms with Crippen molar-refractivity contribution in [2.24, 2.45) is 10.7 Å². The van der Waals surface area contributed by atoms with E-state index in [1.807, 2.05) is 47.4 Å². The molecule has 1 fully saturated rings. The first-order valence-corrected chi connectivity index (χ1v) is 10.1. The molecule has 6 nitrogen and oxygen atoms in total. The topological polar surface area (TPSA) is 79.9 Å². The highest BCUT2D eigenvalue weighted by molar-refractivity contribution is 5.93. The van der Waals surface area contributed by atoms with Gasteiger partial charge in [0.15, 0.2) is 5.96 Å². The SMILES string of the molecule is CC(C)c1cccc(NC(N)=NCC(C(=O)N2CCOCC2)c2ccccc2)c1. The van der Waals surface area contributed by atoms with Gasteiger partial charge in [-0.1, -0.05) is 56.3 Å². The molecule has 0 saturated carbocycles. The molecule has 1 amide bonds. The van der Waals surface area contributed by atoms with Crippen LogP contribution in [0.15, 0.2) is 59.6 Å². The highest BCUT2D eigenvalue weighted by Crippen LogP contribution is 2.21. The summed E-state index contributed by atoms with van der Waals surface area (Å²) in [5.74, 6) is 0.444. The molecular formula is C23H30N4O2. The Kier molecular flexibility index (Phi) is 7.25. The maximum absolute atomic E-state index is 13.1. The lowest BCUT2D eigenvalue weighted by Crippen LogP contribution is -2.43. The van der Waals surface area contributed by atoms with Crippen molar-refractivity contribution < 1.29 is 9.53 Å². The smallest absolute Gasteiger partial charge is 0.232 e. The predicted molar refractivity (Wildman–Crippen MR) is 117 cm³/mol. The number of hydrogen-bond acceptors (Lipinski definition) is 3. The van der Waals surface area contributed by atoms with Crippen LogP contribution in [0.1, 0.15) is 36.8 Å². The van der Waals surface area contributed by atoms with Gasteiger partial charge in [0.25, 0.3) is 0 Å². The average molecular weight is 395 g/mol. The zero-order valence-electron chi connectivity index (χ0n) is 17.2. The molecular weight excluding hydrogens is 364 g/mol. The normalized spacial score (nSPS) is 16.0. The molecule has 1 saturated heterocycles. The van der Waals surface area contributed by atoms with Crippen LogP contribution in [-0.2, 0) is 9.53 Å². The molecule has 1 unspecified atom stereocenters. The number of nitrogens with zero attached hydrogens (tertiary/aromatic N) is 2. The number of benzene rings is 2. The fraction of sp³-hybridized carbons (Fsp3) is 0.391. The number of carbonyl (C=O) groups is 1. The van der Waals surface area contributed by atoms with E-state index in [1.54, 1.807) is 0 Å². The standard InChI is InChI=1S/C23H30N4O2/c1-17(2)19-9-6-10-20(15-19)26-23(24)25-16-21(18-7-4-3-5-8-18)22(28)27-11-13-29-14-12-27/h3-10,15,17,21H,11-14,16H2,1-2H3,(H3,24,25,26). The number of amides is 1. The van der Waals surface area contributed by atoms with Crippen molar-refractivity contribution in [3.8, 4) is 0 Å². The number of aliphatic imine (C=N–C) groups is 1. The van der Waals surface area contributed by atoms with E-state index in [9.17, 15) is 4.79 Å². The summed E-state index contributed by atoms with van der Waals surface area (Å²) in [4.78, 5) is 19.5. The van der Waals surface area contributed by atoms with E-state index in [4.69, 9.17) is 10.5 Å². The Bertz CT molecular complexity index is 830. The second kappa shape index (κ2) is 10.1. The minimum Gasteiger partial charge on any atom is -0.378 e. The van der Waals surface area contributed by atoms with E-state index in [2.05, 4.69) is 36.3 Å². The van der Waals surface area contributed by atoms with Gasteiger partial charge >= 0.3 is 0 Å². The van der Waals surface area contributed by atoms with Crippen molar-refractivity contribution in [3.05, 3.63) is 65.7 Å². The summed E-state index contributed by atoms with van der Waals surface area (Å²) in [7, 11) is 0. The summed E-state index contributed by atoms with van der Waals surface area (Å²) >= 11 is 0. The van der Waals surface area contributed by atoms with E-state index in [0.717, 1.165) is 11.3 Å². The summed E-state index contributed by atoms with van der Waals surface area (Å²) in [6.45, 7) is 6.97. The molecule has 0 radical (unpaired) electrons. The van der Waals surface area contributed by atoms with Crippen LogP contribution in [0.3, 0.4) is 0 Å². The molecule has 1 atom stereocenters. The summed E-state index contributed by atoms with van der Waals surface area (Å²) < 4.78 is 5.37. The van der Waals surface area contributed by atoms with Crippen molar-refractivity contribution in [3.63, 3.8) is 0 Å². The molecule has 29 heavy (non-hydrogen) atoms. The van der Waals surface area contributed by atoms with Crippen molar-refractivity contribution in [2.45, 2.75) is 25.7 Å². The fourth-order valence-corrected chi connectivity index (χ4v) is 3.37. The minimum atomic E-state index is -0.364. The van der Waals surface area contributed by atoms with Gasteiger partial charge in [-0.15, -0.1) is 0 Å². The Morgan fingerprint density at radius 2 is 1.79 bits per heavy atom. The zero-order chi connectivity index (χ0) is 20.6. The monoisotopic (exact) mass is 394 g/mol. The van der Waals surface area contributed by atoms with Gasteiger partial charge in [0.05, 0.1) is 25.7 Å². The number of hydrogen-bond donors (Lipinski definition) is 2. The molecule has 0 aliphatic carbocycles. The van der Waals surface area contributed by atoms with Crippen LogP contribution in [0.25, 0.3) is 0 Å². The van der Waals surface area contributed by atoms with E-state index in [0.29, 0.717) is 44.7 Å². The van der Waals surface area contributed by atoms with E-state index < -0.39 is 0 Å². The van der Waals surface area contributed by atoms with Crippen LogP contribution in [0.4, 0.5) is 5.69 Å². The number of nitrogens with one attached hydrogen (secondary N) is 1. The fourth-order valence-electron chi connectivity index (χ4n) is 3.37. The zero-order valence-corrected chi connectivity index (χ0v) is 17.2. The van der Waals surface area contributed by atoms with Crippen molar-refractivity contribution in [1.29, 1.82) is 0 Å². The third-order valence-electron chi connectivity index (χ3n) is 5.09. The number of ether oxygens (including phenoxy) is 1. The molecule has 2 aromatic rings. The molecule has 154 valence electrons. The Morgan fingerprint density at radius 1 is 1.10 bits per heavy atom. The third kappa shape index (κ3) is 5.81. The van der Waals surface area contributed by atoms with E-state index >= 15 is 0 Å². The van der Waals surface area contributed by atoms with Gasteiger partial charge in [0, 0.05) is 18.8 Å². The second-order valence-electron chi connectivity index (χ2n) is 7.53. The molecule has 3 rings (SSSR count). The van der Waals surface area contributed by atoms with Gasteiger partial charge in [-0.2, -0.15) is 0 Å². The van der Waals surface area contributed by atoms with Gasteiger partial charge in [0.2, 0.25) is 5.91 Å². The van der Waals surface area contributed by atoms with Crippen molar-refractivity contribution in [1.82, 2.24) is 4.90 Å². The molecule has 3 N–H and O–H groups in total. The first kappa shape index (κ1) is 20.9. The van der Waals surface area contributed by atoms with Crippen molar-refractivity contribution >= 4 is 17.6 Å². The number of nitrogens with two attached hydrogens (primary N) is 1. The van der Waals surface area contributed by atoms with Gasteiger partial charge in [0.1, 0.15) is 0 Å². The Morgan fingerprint density at radius 3 is 2.48 bits per heavy atom. The molecule has 0 spiro atoms. The first-order valence-electron chi connectivity index (χ1n) is 10.1. The first-order chi connectivity index (χ1) is 14.0. The molecule has 0 bridgehead atoms. The van der Waals surface area contributed by atoms with Crippen LogP contribution in [0, 0.1) is 0 Å². The van der Waals surface area contributed by atoms with Gasteiger partial charge in [-0.3, -0.25) is 9.79 Å². The van der Waals surface area contributed by atoms with E-state index in [1.165, 1.54) is 5.56 Å². The van der Waals surface area contributed by atoms with Gasteiger partial charge in [-0.05, 0) is 29.2 Å². The number of morpholine rings is 1. The Labute approximate surface area is 172 Å². The largest absolute Gasteiger partial charge is 0.378 e. The minimum absolute atomic E-state index is 0.0675. The second-order valence-corrected chi connectivity index (χ2v) is 7.53. The Hall–Kier alpha value is -2.86. The summed E-state index contributed by atoms with van der Waals surface area (Å²) in [6, 6.07) is 17.9. The molecule has 6 heteroatoms. The number of guanidine groups is 1. The number of anilines is 1. The highest BCUT2D eigenvalue weighted by Gasteiger charge is 2.27. The maximum Gasteiger partial charge on any atom is 0.232 e. The molecule has 1 heterocycles. The van der Waals surface area contributed by atoms with Gasteiger partial charge < -0.3 is 20.7 Å². The average Bonchev–Trinajstić information content (AvgIpc) is 2.75. The number of rotatable bonds is 6. The lowest BCUT2D eigenvalue weighted by atomic mass is 9.97. The highest BCUT2D eigenvalue weighted by atomic mass is 16.5. The third-order valence-corrected chi connectivity index (χ3v) is 5.09. The Balaban J connectivity index is 1.73. The lowest BCUT2D eigenvalue weighted by Gasteiger charge is -2.30. The molecule has 1 aliphatic heterocycles. The molecule has 0 aromatic heterocycles. The lowest BCUT2D eigenvalue weighted by molar-refractivity contribution is -0.136. The van der Waals surface area contributed by atoms with Crippen molar-refractivity contribution in [2.75, 3.05) is 38.2 Å². The quantitative estimate of drug-likeness (QED) is 0.583. The van der Waals surface area contributed by atoms with Crippen LogP contribution >= 0.6 is 0 Å². The summed E-state index contributed by atoms with van der Waals surface area (Å²) in [5, 5.41) is 3.15. The van der Waals surface area contributed by atoms with Crippen LogP contribution in [0.2, 0.25) is 0 Å². The molecule has 1 aliphatic rings. The number of carbonyl (C=O) groups excluding carboxylic acids is 1. The van der Waals surface area contributed by atoms with E-state index in [-0.39, 0.29) is 11.8 Å². The van der Waals surface area contributed by atoms with Crippen LogP contribution in [0.5, 0.6) is 0 Å². The predicted octanol–water partition coefficient (Wildman–Crippen LogP) is 3.18.